The molecule has 2 rings (SSSR count). The quantitative estimate of drug-likeness (QED) is 0.570. The molecule has 0 heterocycles. The summed E-state index contributed by atoms with van der Waals surface area (Å²) in [5, 5.41) is 19.1. The third-order valence-corrected chi connectivity index (χ3v) is 4.41. The summed E-state index contributed by atoms with van der Waals surface area (Å²) in [6, 6.07) is 9.13. The Morgan fingerprint density at radius 2 is 1.36 bits per heavy atom. The second-order valence-corrected chi connectivity index (χ2v) is 5.35. The van der Waals surface area contributed by atoms with E-state index in [0.717, 1.165) is 14.2 Å². The molecule has 0 saturated heterocycles. The van der Waals surface area contributed by atoms with Crippen LogP contribution in [0.4, 0.5) is 0 Å². The molecule has 0 spiro atoms. The molecule has 0 radical (unpaired) electrons. The molecule has 1 aliphatic rings. The van der Waals surface area contributed by atoms with Crippen LogP contribution in [-0.2, 0) is 19.1 Å². The summed E-state index contributed by atoms with van der Waals surface area (Å²) in [7, 11) is 3.47. The van der Waals surface area contributed by atoms with E-state index in [1.165, 1.54) is 31.4 Å². The van der Waals surface area contributed by atoms with Crippen LogP contribution in [0.25, 0.3) is 0 Å². The van der Waals surface area contributed by atoms with Crippen LogP contribution in [0.1, 0.15) is 10.4 Å². The molecule has 0 aromatic heterocycles. The summed E-state index contributed by atoms with van der Waals surface area (Å²) in [6.07, 6.45) is 0. The monoisotopic (exact) mass is 342 g/mol. The lowest BCUT2D eigenvalue weighted by molar-refractivity contribution is -0.153. The van der Waals surface area contributed by atoms with Crippen LogP contribution in [0.2, 0.25) is 0 Å². The first kappa shape index (κ1) is 18.0. The van der Waals surface area contributed by atoms with Gasteiger partial charge in [0.15, 0.2) is 16.6 Å². The van der Waals surface area contributed by atoms with E-state index in [9.17, 15) is 24.9 Å². The third-order valence-electron chi connectivity index (χ3n) is 4.41. The Labute approximate surface area is 143 Å². The average Bonchev–Trinajstić information content (AvgIpc) is 3.30. The van der Waals surface area contributed by atoms with Crippen LogP contribution in [0.3, 0.4) is 0 Å². The maximum atomic E-state index is 12.8. The lowest BCUT2D eigenvalue weighted by Gasteiger charge is -2.09. The topological polar surface area (TPSA) is 126 Å². The van der Waals surface area contributed by atoms with Gasteiger partial charge >= 0.3 is 11.9 Å². The molecule has 1 aliphatic carbocycles. The standard InChI is InChI=1S/C17H14N2O6/c1-23-11-6-4-10(5-7-11)12(20)13-16(8-18,14(21)24-2)17(13,9-19)15(22)25-3/h4-7,13H,1-3H3/t13?,16-,17+. The number of carbonyl (C=O) groups excluding carboxylic acids is 3. The van der Waals surface area contributed by atoms with E-state index >= 15 is 0 Å². The molecule has 25 heavy (non-hydrogen) atoms. The number of nitrogens with zero attached hydrogens (tertiary/aromatic N) is 2. The fourth-order valence-corrected chi connectivity index (χ4v) is 3.07. The van der Waals surface area contributed by atoms with Crippen molar-refractivity contribution in [2.45, 2.75) is 0 Å². The average molecular weight is 342 g/mol. The van der Waals surface area contributed by atoms with Crippen molar-refractivity contribution in [2.24, 2.45) is 16.7 Å². The highest BCUT2D eigenvalue weighted by atomic mass is 16.5. The second kappa shape index (κ2) is 6.25. The van der Waals surface area contributed by atoms with Crippen molar-refractivity contribution in [2.75, 3.05) is 21.3 Å². The van der Waals surface area contributed by atoms with Crippen LogP contribution in [0.15, 0.2) is 24.3 Å². The molecule has 1 fully saturated rings. The van der Waals surface area contributed by atoms with Crippen molar-refractivity contribution in [3.05, 3.63) is 29.8 Å². The van der Waals surface area contributed by atoms with E-state index in [4.69, 9.17) is 4.74 Å². The minimum atomic E-state index is -2.25. The van der Waals surface area contributed by atoms with Gasteiger partial charge < -0.3 is 14.2 Å². The Morgan fingerprint density at radius 1 is 0.920 bits per heavy atom. The van der Waals surface area contributed by atoms with Gasteiger partial charge in [0.05, 0.1) is 39.4 Å². The summed E-state index contributed by atoms with van der Waals surface area (Å²) < 4.78 is 14.2. The Morgan fingerprint density at radius 3 is 1.68 bits per heavy atom. The summed E-state index contributed by atoms with van der Waals surface area (Å²) in [5.74, 6) is -4.00. The number of carbonyl (C=O) groups is 3. The van der Waals surface area contributed by atoms with Crippen molar-refractivity contribution in [3.63, 3.8) is 0 Å². The number of ether oxygens (including phenoxy) is 3. The van der Waals surface area contributed by atoms with E-state index in [0.29, 0.717) is 5.75 Å². The lowest BCUT2D eigenvalue weighted by Crippen LogP contribution is -2.29. The van der Waals surface area contributed by atoms with Gasteiger partial charge in [0.25, 0.3) is 0 Å². The fourth-order valence-electron chi connectivity index (χ4n) is 3.07. The number of esters is 2. The molecule has 0 N–H and O–H groups in total. The van der Waals surface area contributed by atoms with Gasteiger partial charge in [-0.25, -0.2) is 0 Å². The number of rotatable bonds is 5. The van der Waals surface area contributed by atoms with Gasteiger partial charge in [0.2, 0.25) is 0 Å². The van der Waals surface area contributed by atoms with Gasteiger partial charge in [0, 0.05) is 5.56 Å². The van der Waals surface area contributed by atoms with Crippen LogP contribution in [0, 0.1) is 39.4 Å². The van der Waals surface area contributed by atoms with Gasteiger partial charge in [-0.3, -0.25) is 14.4 Å². The predicted molar refractivity (Wildman–Crippen MR) is 80.9 cm³/mol. The van der Waals surface area contributed by atoms with E-state index in [1.54, 1.807) is 12.1 Å². The second-order valence-electron chi connectivity index (χ2n) is 5.35. The van der Waals surface area contributed by atoms with Crippen molar-refractivity contribution in [3.8, 4) is 17.9 Å². The number of ketones is 1. The van der Waals surface area contributed by atoms with Crippen LogP contribution >= 0.6 is 0 Å². The summed E-state index contributed by atoms with van der Waals surface area (Å²) in [4.78, 5) is 37.2. The van der Waals surface area contributed by atoms with E-state index in [2.05, 4.69) is 9.47 Å². The number of nitriles is 2. The molecule has 1 unspecified atom stereocenters. The van der Waals surface area contributed by atoms with Gasteiger partial charge in [-0.05, 0) is 24.3 Å². The summed E-state index contributed by atoms with van der Waals surface area (Å²) in [6.45, 7) is 0. The molecule has 1 aromatic carbocycles. The molecule has 1 aromatic rings. The van der Waals surface area contributed by atoms with Crippen molar-refractivity contribution < 1.29 is 28.6 Å². The fraction of sp³-hybridized carbons (Fsp3) is 0.353. The molecule has 8 heteroatoms. The van der Waals surface area contributed by atoms with Crippen molar-refractivity contribution in [1.29, 1.82) is 10.5 Å². The van der Waals surface area contributed by atoms with Crippen LogP contribution in [0.5, 0.6) is 5.75 Å². The molecule has 1 saturated carbocycles. The van der Waals surface area contributed by atoms with Gasteiger partial charge in [-0.1, -0.05) is 0 Å². The van der Waals surface area contributed by atoms with Crippen molar-refractivity contribution in [1.82, 2.24) is 0 Å². The maximum Gasteiger partial charge on any atom is 0.329 e. The number of hydrogen-bond donors (Lipinski definition) is 0. The first-order valence-electron chi connectivity index (χ1n) is 7.08. The predicted octanol–water partition coefficient (Wildman–Crippen LogP) is 0.874. The highest BCUT2D eigenvalue weighted by Gasteiger charge is 2.90. The highest BCUT2D eigenvalue weighted by molar-refractivity contribution is 6.14. The Hall–Kier alpha value is -3.39. The Kier molecular flexibility index (Phi) is 4.49. The van der Waals surface area contributed by atoms with Crippen LogP contribution < -0.4 is 4.74 Å². The van der Waals surface area contributed by atoms with Gasteiger partial charge in [-0.15, -0.1) is 0 Å². The number of benzene rings is 1. The zero-order valence-corrected chi connectivity index (χ0v) is 13.7. The van der Waals surface area contributed by atoms with Gasteiger partial charge in [0.1, 0.15) is 5.75 Å². The largest absolute Gasteiger partial charge is 0.497 e. The molecular formula is C17H14N2O6. The highest BCUT2D eigenvalue weighted by Crippen LogP contribution is 2.70. The first-order chi connectivity index (χ1) is 11.9. The zero-order chi connectivity index (χ0) is 18.8. The summed E-state index contributed by atoms with van der Waals surface area (Å²) in [5.41, 5.74) is -4.38. The molecule has 8 nitrogen and oxygen atoms in total. The summed E-state index contributed by atoms with van der Waals surface area (Å²) >= 11 is 0. The molecular weight excluding hydrogens is 328 g/mol. The van der Waals surface area contributed by atoms with E-state index in [1.807, 2.05) is 0 Å². The van der Waals surface area contributed by atoms with E-state index < -0.39 is 34.5 Å². The molecule has 3 atom stereocenters. The maximum absolute atomic E-state index is 12.8. The zero-order valence-electron chi connectivity index (χ0n) is 13.7. The Balaban J connectivity index is 2.58. The third kappa shape index (κ3) is 2.15. The first-order valence-corrected chi connectivity index (χ1v) is 7.08. The van der Waals surface area contributed by atoms with Crippen LogP contribution in [-0.4, -0.2) is 39.1 Å². The lowest BCUT2D eigenvalue weighted by atomic mass is 9.95. The van der Waals surface area contributed by atoms with E-state index in [-0.39, 0.29) is 5.56 Å². The van der Waals surface area contributed by atoms with Crippen molar-refractivity contribution >= 4 is 17.7 Å². The number of Topliss-reactive ketones (excluding diaryl/α,β-unsaturated/α-hetero) is 1. The molecule has 0 amide bonds. The Bertz CT molecular complexity index is 779. The smallest absolute Gasteiger partial charge is 0.329 e. The minimum absolute atomic E-state index is 0.121. The molecule has 128 valence electrons. The van der Waals surface area contributed by atoms with Gasteiger partial charge in [-0.2, -0.15) is 10.5 Å². The normalized spacial score (nSPS) is 26.5. The SMILES string of the molecule is COC(=O)[C@@]1(C#N)C(C(=O)c2ccc(OC)cc2)[C@@]1(C#N)C(=O)OC. The molecule has 0 aliphatic heterocycles. The minimum Gasteiger partial charge on any atom is -0.497 e. The molecule has 0 bridgehead atoms. The number of hydrogen-bond acceptors (Lipinski definition) is 8. The number of methoxy groups -OCH3 is 3.